The molecule has 0 unspecified atom stereocenters. The number of anilines is 2. The van der Waals surface area contributed by atoms with Crippen LogP contribution in [-0.2, 0) is 19.6 Å². The van der Waals surface area contributed by atoms with Crippen LogP contribution in [0.25, 0.3) is 0 Å². The second-order valence-corrected chi connectivity index (χ2v) is 9.50. The smallest absolute Gasteiger partial charge is 0.243 e. The molecule has 30 heavy (non-hydrogen) atoms. The van der Waals surface area contributed by atoms with Crippen molar-refractivity contribution in [3.63, 3.8) is 0 Å². The molecule has 0 aliphatic carbocycles. The Hall–Kier alpha value is -2.20. The highest BCUT2D eigenvalue weighted by molar-refractivity contribution is 7.89. The average molecular weight is 456 g/mol. The predicted octanol–water partition coefficient (Wildman–Crippen LogP) is 3.33. The van der Waals surface area contributed by atoms with E-state index in [4.69, 9.17) is 16.3 Å². The molecule has 1 aliphatic heterocycles. The highest BCUT2D eigenvalue weighted by Crippen LogP contribution is 2.23. The second-order valence-electron chi connectivity index (χ2n) is 7.13. The molecule has 0 saturated carbocycles. The molecule has 10 heteroatoms. The van der Waals surface area contributed by atoms with E-state index >= 15 is 0 Å². The number of carbonyl (C=O) groups excluding carboxylic acids is 1. The maximum absolute atomic E-state index is 13.7. The van der Waals surface area contributed by atoms with Gasteiger partial charge in [-0.15, -0.1) is 0 Å². The van der Waals surface area contributed by atoms with Gasteiger partial charge < -0.3 is 15.4 Å². The molecule has 1 heterocycles. The van der Waals surface area contributed by atoms with Gasteiger partial charge in [-0.05, 0) is 56.3 Å². The standard InChI is InChI=1S/C20H23ClFN3O4S/c1-13-11-25(12-14(2)29-13)30(27,28)17-6-4-16(5-7-17)24-20(26)10-23-19-9-15(21)3-8-18(19)22/h3-9,13-14,23H,10-12H2,1-2H3,(H,24,26)/t13-,14+. The van der Waals surface area contributed by atoms with Crippen molar-refractivity contribution in [3.8, 4) is 0 Å². The largest absolute Gasteiger partial charge is 0.374 e. The topological polar surface area (TPSA) is 87.7 Å². The maximum Gasteiger partial charge on any atom is 0.243 e. The normalized spacial score (nSPS) is 20.0. The van der Waals surface area contributed by atoms with Gasteiger partial charge in [-0.25, -0.2) is 12.8 Å². The Kier molecular flexibility index (Phi) is 6.97. The summed E-state index contributed by atoms with van der Waals surface area (Å²) in [6, 6.07) is 9.92. The molecule has 2 aromatic carbocycles. The molecule has 162 valence electrons. The monoisotopic (exact) mass is 455 g/mol. The first-order valence-electron chi connectivity index (χ1n) is 9.39. The van der Waals surface area contributed by atoms with Crippen molar-refractivity contribution >= 4 is 38.9 Å². The van der Waals surface area contributed by atoms with Crippen molar-refractivity contribution in [1.29, 1.82) is 0 Å². The summed E-state index contributed by atoms with van der Waals surface area (Å²) in [5.74, 6) is -0.936. The Morgan fingerprint density at radius 2 is 1.80 bits per heavy atom. The first-order chi connectivity index (χ1) is 14.1. The highest BCUT2D eigenvalue weighted by Gasteiger charge is 2.32. The van der Waals surface area contributed by atoms with Crippen molar-refractivity contribution in [2.24, 2.45) is 0 Å². The first-order valence-corrected chi connectivity index (χ1v) is 11.2. The quantitative estimate of drug-likeness (QED) is 0.697. The predicted molar refractivity (Wildman–Crippen MR) is 114 cm³/mol. The van der Waals surface area contributed by atoms with E-state index in [1.807, 2.05) is 13.8 Å². The van der Waals surface area contributed by atoms with Crippen molar-refractivity contribution in [2.45, 2.75) is 31.0 Å². The Morgan fingerprint density at radius 3 is 2.43 bits per heavy atom. The molecular formula is C20H23ClFN3O4S. The van der Waals surface area contributed by atoms with Crippen LogP contribution in [-0.4, -0.2) is 50.5 Å². The Morgan fingerprint density at radius 1 is 1.17 bits per heavy atom. The SMILES string of the molecule is C[C@@H]1CN(S(=O)(=O)c2ccc(NC(=O)CNc3cc(Cl)ccc3F)cc2)C[C@H](C)O1. The van der Waals surface area contributed by atoms with Gasteiger partial charge in [0, 0.05) is 23.8 Å². The van der Waals surface area contributed by atoms with E-state index < -0.39 is 21.7 Å². The van der Waals surface area contributed by atoms with Gasteiger partial charge in [-0.3, -0.25) is 4.79 Å². The number of hydrogen-bond donors (Lipinski definition) is 2. The molecule has 0 radical (unpaired) electrons. The zero-order valence-corrected chi connectivity index (χ0v) is 18.1. The molecular weight excluding hydrogens is 433 g/mol. The lowest BCUT2D eigenvalue weighted by Gasteiger charge is -2.34. The Labute approximate surface area is 180 Å². The van der Waals surface area contributed by atoms with E-state index in [0.29, 0.717) is 10.7 Å². The minimum atomic E-state index is -3.65. The lowest BCUT2D eigenvalue weighted by molar-refractivity contribution is -0.114. The third kappa shape index (κ3) is 5.48. The number of rotatable bonds is 6. The van der Waals surface area contributed by atoms with E-state index in [0.717, 1.165) is 0 Å². The summed E-state index contributed by atoms with van der Waals surface area (Å²) in [6.07, 6.45) is -0.363. The fourth-order valence-electron chi connectivity index (χ4n) is 3.20. The third-order valence-corrected chi connectivity index (χ3v) is 6.61. The van der Waals surface area contributed by atoms with Crippen LogP contribution in [0.1, 0.15) is 13.8 Å². The van der Waals surface area contributed by atoms with Gasteiger partial charge in [-0.2, -0.15) is 4.31 Å². The number of nitrogens with zero attached hydrogens (tertiary/aromatic N) is 1. The second kappa shape index (κ2) is 9.30. The van der Waals surface area contributed by atoms with E-state index in [2.05, 4.69) is 10.6 Å². The molecule has 7 nitrogen and oxygen atoms in total. The summed E-state index contributed by atoms with van der Waals surface area (Å²) in [5, 5.41) is 5.66. The van der Waals surface area contributed by atoms with Gasteiger partial charge in [0.15, 0.2) is 0 Å². The number of sulfonamides is 1. The van der Waals surface area contributed by atoms with Crippen LogP contribution in [0.5, 0.6) is 0 Å². The number of nitrogens with one attached hydrogen (secondary N) is 2. The molecule has 1 aliphatic rings. The number of halogens is 2. The van der Waals surface area contributed by atoms with E-state index in [1.165, 1.54) is 46.8 Å². The number of morpholine rings is 1. The van der Waals surface area contributed by atoms with Crippen LogP contribution in [0.3, 0.4) is 0 Å². The molecule has 0 spiro atoms. The van der Waals surface area contributed by atoms with Gasteiger partial charge >= 0.3 is 0 Å². The number of ether oxygens (including phenoxy) is 1. The van der Waals surface area contributed by atoms with Gasteiger partial charge in [0.25, 0.3) is 0 Å². The van der Waals surface area contributed by atoms with Gasteiger partial charge in [0.2, 0.25) is 15.9 Å². The van der Waals surface area contributed by atoms with Crippen molar-refractivity contribution in [3.05, 3.63) is 53.3 Å². The van der Waals surface area contributed by atoms with Gasteiger partial charge in [-0.1, -0.05) is 11.6 Å². The fourth-order valence-corrected chi connectivity index (χ4v) is 4.96. The molecule has 1 saturated heterocycles. The first kappa shape index (κ1) is 22.5. The third-order valence-electron chi connectivity index (χ3n) is 4.53. The summed E-state index contributed by atoms with van der Waals surface area (Å²) in [6.45, 7) is 4.06. The average Bonchev–Trinajstić information content (AvgIpc) is 2.68. The van der Waals surface area contributed by atoms with Gasteiger partial charge in [0.05, 0.1) is 29.3 Å². The number of carbonyl (C=O) groups is 1. The van der Waals surface area contributed by atoms with Crippen molar-refractivity contribution in [2.75, 3.05) is 30.3 Å². The summed E-state index contributed by atoms with van der Waals surface area (Å²) < 4.78 is 46.4. The number of benzene rings is 2. The minimum Gasteiger partial charge on any atom is -0.374 e. The van der Waals surface area contributed by atoms with Gasteiger partial charge in [0.1, 0.15) is 5.82 Å². The fraction of sp³-hybridized carbons (Fsp3) is 0.350. The molecule has 2 N–H and O–H groups in total. The molecule has 3 rings (SSSR count). The zero-order chi connectivity index (χ0) is 21.9. The molecule has 1 fully saturated rings. The summed E-state index contributed by atoms with van der Waals surface area (Å²) >= 11 is 5.82. The lowest BCUT2D eigenvalue weighted by atomic mass is 10.3. The molecule has 0 bridgehead atoms. The van der Waals surface area contributed by atoms with E-state index in [9.17, 15) is 17.6 Å². The Balaban J connectivity index is 1.61. The summed E-state index contributed by atoms with van der Waals surface area (Å²) in [5.41, 5.74) is 0.545. The molecule has 2 atom stereocenters. The van der Waals surface area contributed by atoms with Crippen molar-refractivity contribution < 1.29 is 22.3 Å². The van der Waals surface area contributed by atoms with Crippen LogP contribution in [0.4, 0.5) is 15.8 Å². The van der Waals surface area contributed by atoms with Crippen LogP contribution in [0.15, 0.2) is 47.4 Å². The van der Waals surface area contributed by atoms with Crippen molar-refractivity contribution in [1.82, 2.24) is 4.31 Å². The van der Waals surface area contributed by atoms with Crippen LogP contribution >= 0.6 is 11.6 Å². The maximum atomic E-state index is 13.7. The Bertz CT molecular complexity index is 1010. The van der Waals surface area contributed by atoms with E-state index in [-0.39, 0.29) is 42.4 Å². The lowest BCUT2D eigenvalue weighted by Crippen LogP contribution is -2.48. The summed E-state index contributed by atoms with van der Waals surface area (Å²) in [7, 11) is -3.65. The van der Waals surface area contributed by atoms with Crippen LogP contribution in [0.2, 0.25) is 5.02 Å². The van der Waals surface area contributed by atoms with Crippen LogP contribution < -0.4 is 10.6 Å². The van der Waals surface area contributed by atoms with E-state index in [1.54, 1.807) is 0 Å². The van der Waals surface area contributed by atoms with Crippen LogP contribution in [0, 0.1) is 5.82 Å². The number of amides is 1. The minimum absolute atomic E-state index is 0.119. The highest BCUT2D eigenvalue weighted by atomic mass is 35.5. The number of hydrogen-bond acceptors (Lipinski definition) is 5. The molecule has 0 aromatic heterocycles. The molecule has 2 aromatic rings. The summed E-state index contributed by atoms with van der Waals surface area (Å²) in [4.78, 5) is 12.3. The molecule has 1 amide bonds. The zero-order valence-electron chi connectivity index (χ0n) is 16.6.